The highest BCUT2D eigenvalue weighted by Crippen LogP contribution is 2.20. The molecule has 0 saturated carbocycles. The molecule has 1 saturated heterocycles. The minimum absolute atomic E-state index is 0.631. The first kappa shape index (κ1) is 12.5. The summed E-state index contributed by atoms with van der Waals surface area (Å²) in [6, 6.07) is 0. The van der Waals surface area contributed by atoms with Crippen molar-refractivity contribution < 1.29 is 4.74 Å². The number of ether oxygens (including phenoxy) is 1. The number of nitrogens with zero attached hydrogens (tertiary/aromatic N) is 3. The molecule has 1 aliphatic heterocycles. The van der Waals surface area contributed by atoms with Crippen molar-refractivity contribution in [3.05, 3.63) is 10.7 Å². The van der Waals surface area contributed by atoms with Gasteiger partial charge in [0.05, 0.1) is 17.7 Å². The largest absolute Gasteiger partial charge is 0.379 e. The summed E-state index contributed by atoms with van der Waals surface area (Å²) in [6.45, 7) is 6.02. The van der Waals surface area contributed by atoms with Crippen LogP contribution in [-0.2, 0) is 4.74 Å². The molecule has 7 heteroatoms. The molecule has 2 heterocycles. The fourth-order valence-electron chi connectivity index (χ4n) is 1.51. The molecule has 0 aromatic carbocycles. The Bertz CT molecular complexity index is 370. The summed E-state index contributed by atoms with van der Waals surface area (Å²) in [6.07, 6.45) is 1.74. The molecule has 0 aliphatic carbocycles. The van der Waals surface area contributed by atoms with E-state index in [-0.39, 0.29) is 0 Å². The lowest BCUT2D eigenvalue weighted by Crippen LogP contribution is -2.40. The molecule has 0 amide bonds. The number of aromatic nitrogens is 2. The summed E-state index contributed by atoms with van der Waals surface area (Å²) in [5.74, 6) is 1.41. The van der Waals surface area contributed by atoms with E-state index in [0.717, 1.165) is 43.1 Å². The topological polar surface area (TPSA) is 62.3 Å². The van der Waals surface area contributed by atoms with E-state index >= 15 is 0 Å². The number of halogens is 1. The van der Waals surface area contributed by atoms with Gasteiger partial charge in [-0.25, -0.2) is 9.99 Å². The highest BCUT2D eigenvalue weighted by atomic mass is 79.9. The van der Waals surface area contributed by atoms with Crippen molar-refractivity contribution in [1.29, 1.82) is 0 Å². The maximum atomic E-state index is 5.29. The predicted octanol–water partition coefficient (Wildman–Crippen LogP) is 1.33. The lowest BCUT2D eigenvalue weighted by atomic mass is 10.5. The zero-order valence-electron chi connectivity index (χ0n) is 9.74. The van der Waals surface area contributed by atoms with E-state index < -0.39 is 0 Å². The predicted molar refractivity (Wildman–Crippen MR) is 69.9 cm³/mol. The van der Waals surface area contributed by atoms with Crippen LogP contribution < -0.4 is 10.7 Å². The highest BCUT2D eigenvalue weighted by molar-refractivity contribution is 9.10. The maximum Gasteiger partial charge on any atom is 0.224 e. The van der Waals surface area contributed by atoms with Gasteiger partial charge in [-0.3, -0.25) is 0 Å². The number of hydrogen-bond acceptors (Lipinski definition) is 6. The number of hydrazine groups is 1. The molecule has 6 nitrogen and oxygen atoms in total. The molecule has 0 atom stereocenters. The highest BCUT2D eigenvalue weighted by Gasteiger charge is 2.12. The molecule has 1 aromatic heterocycles. The molecule has 1 aromatic rings. The number of hydrogen-bond donors (Lipinski definition) is 2. The van der Waals surface area contributed by atoms with Gasteiger partial charge < -0.3 is 15.5 Å². The van der Waals surface area contributed by atoms with Crippen LogP contribution in [0.25, 0.3) is 0 Å². The summed E-state index contributed by atoms with van der Waals surface area (Å²) < 4.78 is 6.14. The third kappa shape index (κ3) is 3.52. The first-order valence-corrected chi connectivity index (χ1v) is 6.44. The molecule has 0 bridgehead atoms. The van der Waals surface area contributed by atoms with E-state index in [0.29, 0.717) is 5.95 Å². The third-order valence-electron chi connectivity index (χ3n) is 2.35. The van der Waals surface area contributed by atoms with Crippen molar-refractivity contribution >= 4 is 27.7 Å². The van der Waals surface area contributed by atoms with Crippen LogP contribution in [0.4, 0.5) is 11.8 Å². The van der Waals surface area contributed by atoms with Gasteiger partial charge in [-0.15, -0.1) is 0 Å². The van der Waals surface area contributed by atoms with Gasteiger partial charge in [0.25, 0.3) is 0 Å². The average molecular weight is 302 g/mol. The van der Waals surface area contributed by atoms with E-state index in [2.05, 4.69) is 41.6 Å². The fraction of sp³-hybridized carbons (Fsp3) is 0.600. The molecule has 94 valence electrons. The van der Waals surface area contributed by atoms with Crippen molar-refractivity contribution in [2.75, 3.05) is 43.6 Å². The van der Waals surface area contributed by atoms with Gasteiger partial charge in [-0.1, -0.05) is 0 Å². The van der Waals surface area contributed by atoms with Crippen LogP contribution >= 0.6 is 15.9 Å². The fourth-order valence-corrected chi connectivity index (χ4v) is 1.79. The number of nitrogens with one attached hydrogen (secondary N) is 2. The molecule has 2 rings (SSSR count). The molecule has 1 aliphatic rings. The van der Waals surface area contributed by atoms with Gasteiger partial charge in [0.1, 0.15) is 0 Å². The second kappa shape index (κ2) is 6.13. The molecule has 1 fully saturated rings. The zero-order valence-corrected chi connectivity index (χ0v) is 11.3. The van der Waals surface area contributed by atoms with Crippen LogP contribution in [0.5, 0.6) is 0 Å². The number of anilines is 2. The molecule has 0 spiro atoms. The lowest BCUT2D eigenvalue weighted by molar-refractivity contribution is 0.0494. The first-order chi connectivity index (χ1) is 8.29. The zero-order chi connectivity index (χ0) is 12.1. The summed E-state index contributed by atoms with van der Waals surface area (Å²) in [5, 5.41) is 5.18. The quantitative estimate of drug-likeness (QED) is 0.875. The molecule has 2 N–H and O–H groups in total. The standard InChI is InChI=1S/C10H16BrN5O/c1-2-12-10-13-7-8(11)9(14-10)15-16-3-5-17-6-4-16/h7H,2-6H2,1H3,(H2,12,13,14,15). The lowest BCUT2D eigenvalue weighted by Gasteiger charge is -2.27. The second-order valence-corrected chi connectivity index (χ2v) is 4.49. The summed E-state index contributed by atoms with van der Waals surface area (Å²) in [4.78, 5) is 8.56. The van der Waals surface area contributed by atoms with Crippen LogP contribution in [0.2, 0.25) is 0 Å². The van der Waals surface area contributed by atoms with Gasteiger partial charge in [0.15, 0.2) is 5.82 Å². The first-order valence-electron chi connectivity index (χ1n) is 5.65. The Kier molecular flexibility index (Phi) is 4.52. The van der Waals surface area contributed by atoms with Crippen LogP contribution in [-0.4, -0.2) is 47.8 Å². The van der Waals surface area contributed by atoms with E-state index in [4.69, 9.17) is 4.74 Å². The normalized spacial score (nSPS) is 16.8. The molecule has 0 unspecified atom stereocenters. The van der Waals surface area contributed by atoms with E-state index in [1.54, 1.807) is 6.20 Å². The molecular weight excluding hydrogens is 286 g/mol. The Morgan fingerprint density at radius 1 is 1.47 bits per heavy atom. The van der Waals surface area contributed by atoms with E-state index in [1.165, 1.54) is 0 Å². The number of rotatable bonds is 4. The Hall–Kier alpha value is -0.920. The summed E-state index contributed by atoms with van der Waals surface area (Å²) in [7, 11) is 0. The van der Waals surface area contributed by atoms with Crippen molar-refractivity contribution in [3.63, 3.8) is 0 Å². The average Bonchev–Trinajstić information content (AvgIpc) is 2.35. The van der Waals surface area contributed by atoms with Crippen LogP contribution in [0.1, 0.15) is 6.92 Å². The van der Waals surface area contributed by atoms with E-state index in [9.17, 15) is 0 Å². The van der Waals surface area contributed by atoms with E-state index in [1.807, 2.05) is 6.92 Å². The monoisotopic (exact) mass is 301 g/mol. The minimum atomic E-state index is 0.631. The number of morpholine rings is 1. The second-order valence-electron chi connectivity index (χ2n) is 3.63. The molecule has 0 radical (unpaired) electrons. The molecule has 17 heavy (non-hydrogen) atoms. The Morgan fingerprint density at radius 3 is 2.94 bits per heavy atom. The van der Waals surface area contributed by atoms with Gasteiger partial charge in [-0.05, 0) is 22.9 Å². The third-order valence-corrected chi connectivity index (χ3v) is 2.93. The van der Waals surface area contributed by atoms with Gasteiger partial charge in [-0.2, -0.15) is 4.98 Å². The maximum absolute atomic E-state index is 5.29. The van der Waals surface area contributed by atoms with Crippen molar-refractivity contribution in [2.45, 2.75) is 6.92 Å². The van der Waals surface area contributed by atoms with Gasteiger partial charge in [0, 0.05) is 25.8 Å². The van der Waals surface area contributed by atoms with Crippen LogP contribution in [0.3, 0.4) is 0 Å². The van der Waals surface area contributed by atoms with Crippen LogP contribution in [0.15, 0.2) is 10.7 Å². The van der Waals surface area contributed by atoms with Gasteiger partial charge >= 0.3 is 0 Å². The van der Waals surface area contributed by atoms with Gasteiger partial charge in [0.2, 0.25) is 5.95 Å². The summed E-state index contributed by atoms with van der Waals surface area (Å²) >= 11 is 3.44. The smallest absolute Gasteiger partial charge is 0.224 e. The van der Waals surface area contributed by atoms with Crippen molar-refractivity contribution in [3.8, 4) is 0 Å². The van der Waals surface area contributed by atoms with Crippen molar-refractivity contribution in [2.24, 2.45) is 0 Å². The molecular formula is C10H16BrN5O. The van der Waals surface area contributed by atoms with Crippen molar-refractivity contribution in [1.82, 2.24) is 15.0 Å². The minimum Gasteiger partial charge on any atom is -0.379 e. The Morgan fingerprint density at radius 2 is 2.24 bits per heavy atom. The Balaban J connectivity index is 2.04. The van der Waals surface area contributed by atoms with Crippen LogP contribution in [0, 0.1) is 0 Å². The summed E-state index contributed by atoms with van der Waals surface area (Å²) in [5.41, 5.74) is 3.26. The SMILES string of the molecule is CCNc1ncc(Br)c(NN2CCOCC2)n1. The Labute approximate surface area is 109 Å².